The van der Waals surface area contributed by atoms with Gasteiger partial charge in [-0.3, -0.25) is 9.59 Å². The molecule has 0 unspecified atom stereocenters. The molecular weight excluding hydrogens is 284 g/mol. The molecule has 0 spiro atoms. The minimum Gasteiger partial charge on any atom is -0.383 e. The number of hydrogen-bond acceptors (Lipinski definition) is 4. The molecule has 1 heterocycles. The summed E-state index contributed by atoms with van der Waals surface area (Å²) in [5, 5.41) is 2.82. The smallest absolute Gasteiger partial charge is 0.247 e. The van der Waals surface area contributed by atoms with Gasteiger partial charge < -0.3 is 19.7 Å². The van der Waals surface area contributed by atoms with E-state index < -0.39 is 6.04 Å². The van der Waals surface area contributed by atoms with Crippen LogP contribution in [0, 0.1) is 0 Å². The first-order valence-corrected chi connectivity index (χ1v) is 7.32. The highest BCUT2D eigenvalue weighted by atomic mass is 16.5. The zero-order valence-corrected chi connectivity index (χ0v) is 13.0. The van der Waals surface area contributed by atoms with Crippen LogP contribution in [-0.4, -0.2) is 57.2 Å². The van der Waals surface area contributed by atoms with Crippen LogP contribution in [-0.2, 0) is 25.5 Å². The molecule has 0 bridgehead atoms. The molecule has 0 saturated carbocycles. The molecule has 120 valence electrons. The molecule has 0 saturated heterocycles. The van der Waals surface area contributed by atoms with E-state index in [2.05, 4.69) is 5.32 Å². The van der Waals surface area contributed by atoms with E-state index in [-0.39, 0.29) is 11.8 Å². The number of hydrogen-bond donors (Lipinski definition) is 1. The standard InChI is InChI=1S/C16H22N2O4/c1-21-9-7-17-16(20)15-13-6-4-3-5-12(13)11-14(19)18(15)8-10-22-2/h3-6,15H,7-11H2,1-2H3,(H,17,20)/t15-/m1/s1. The van der Waals surface area contributed by atoms with Crippen LogP contribution in [0.5, 0.6) is 0 Å². The number of rotatable bonds is 7. The van der Waals surface area contributed by atoms with Gasteiger partial charge in [0.1, 0.15) is 6.04 Å². The Morgan fingerprint density at radius 2 is 2.00 bits per heavy atom. The highest BCUT2D eigenvalue weighted by Gasteiger charge is 2.36. The molecule has 2 rings (SSSR count). The third-order valence-electron chi connectivity index (χ3n) is 3.71. The maximum Gasteiger partial charge on any atom is 0.247 e. The van der Waals surface area contributed by atoms with Crippen molar-refractivity contribution in [2.75, 3.05) is 40.5 Å². The topological polar surface area (TPSA) is 67.9 Å². The van der Waals surface area contributed by atoms with Crippen LogP contribution in [0.3, 0.4) is 0 Å². The van der Waals surface area contributed by atoms with Gasteiger partial charge in [0.05, 0.1) is 19.6 Å². The molecule has 0 aliphatic carbocycles. The van der Waals surface area contributed by atoms with E-state index in [0.29, 0.717) is 32.7 Å². The third-order valence-corrected chi connectivity index (χ3v) is 3.71. The summed E-state index contributed by atoms with van der Waals surface area (Å²) in [5.41, 5.74) is 1.79. The highest BCUT2D eigenvalue weighted by Crippen LogP contribution is 2.30. The summed E-state index contributed by atoms with van der Waals surface area (Å²) in [5.74, 6) is -0.240. The number of amides is 2. The number of benzene rings is 1. The SMILES string of the molecule is COCCNC(=O)[C@H]1c2ccccc2CC(=O)N1CCOC. The average Bonchev–Trinajstić information content (AvgIpc) is 2.52. The summed E-state index contributed by atoms with van der Waals surface area (Å²) in [4.78, 5) is 26.5. The Morgan fingerprint density at radius 3 is 2.73 bits per heavy atom. The predicted molar refractivity (Wildman–Crippen MR) is 81.4 cm³/mol. The van der Waals surface area contributed by atoms with Crippen LogP contribution in [0.25, 0.3) is 0 Å². The molecule has 1 atom stereocenters. The molecule has 6 nitrogen and oxygen atoms in total. The van der Waals surface area contributed by atoms with E-state index in [9.17, 15) is 9.59 Å². The minimum absolute atomic E-state index is 0.0531. The molecule has 2 amide bonds. The number of carbonyl (C=O) groups is 2. The molecule has 1 aliphatic rings. The lowest BCUT2D eigenvalue weighted by Gasteiger charge is -2.36. The number of fused-ring (bicyclic) bond motifs is 1. The van der Waals surface area contributed by atoms with Crippen LogP contribution in [0.15, 0.2) is 24.3 Å². The van der Waals surface area contributed by atoms with E-state index >= 15 is 0 Å². The molecule has 0 fully saturated rings. The summed E-state index contributed by atoms with van der Waals surface area (Å²) in [6.07, 6.45) is 0.321. The van der Waals surface area contributed by atoms with Crippen molar-refractivity contribution in [3.63, 3.8) is 0 Å². The van der Waals surface area contributed by atoms with Gasteiger partial charge in [-0.2, -0.15) is 0 Å². The van der Waals surface area contributed by atoms with Crippen molar-refractivity contribution in [3.8, 4) is 0 Å². The van der Waals surface area contributed by atoms with E-state index in [0.717, 1.165) is 11.1 Å². The molecule has 1 aromatic rings. The van der Waals surface area contributed by atoms with Gasteiger partial charge in [0.2, 0.25) is 11.8 Å². The third kappa shape index (κ3) is 3.64. The zero-order valence-electron chi connectivity index (χ0n) is 13.0. The van der Waals surface area contributed by atoms with Crippen molar-refractivity contribution < 1.29 is 19.1 Å². The molecule has 0 radical (unpaired) electrons. The summed E-state index contributed by atoms with van der Waals surface area (Å²) in [6.45, 7) is 1.65. The Morgan fingerprint density at radius 1 is 1.27 bits per heavy atom. The quantitative estimate of drug-likeness (QED) is 0.746. The van der Waals surface area contributed by atoms with Crippen molar-refractivity contribution in [1.29, 1.82) is 0 Å². The van der Waals surface area contributed by atoms with Crippen molar-refractivity contribution >= 4 is 11.8 Å². The number of nitrogens with zero attached hydrogens (tertiary/aromatic N) is 1. The monoisotopic (exact) mass is 306 g/mol. The van der Waals surface area contributed by atoms with E-state index in [1.807, 2.05) is 24.3 Å². The molecule has 1 aromatic carbocycles. The van der Waals surface area contributed by atoms with Crippen molar-refractivity contribution in [2.24, 2.45) is 0 Å². The fourth-order valence-corrected chi connectivity index (χ4v) is 2.64. The number of nitrogens with one attached hydrogen (secondary N) is 1. The summed E-state index contributed by atoms with van der Waals surface area (Å²) in [7, 11) is 3.16. The zero-order chi connectivity index (χ0) is 15.9. The van der Waals surface area contributed by atoms with Crippen LogP contribution >= 0.6 is 0 Å². The van der Waals surface area contributed by atoms with Gasteiger partial charge in [0.15, 0.2) is 0 Å². The van der Waals surface area contributed by atoms with Crippen LogP contribution in [0.1, 0.15) is 17.2 Å². The van der Waals surface area contributed by atoms with Gasteiger partial charge in [0, 0.05) is 27.3 Å². The number of methoxy groups -OCH3 is 2. The molecule has 6 heteroatoms. The molecule has 22 heavy (non-hydrogen) atoms. The van der Waals surface area contributed by atoms with Gasteiger partial charge in [-0.1, -0.05) is 24.3 Å². The van der Waals surface area contributed by atoms with Gasteiger partial charge in [-0.25, -0.2) is 0 Å². The summed E-state index contributed by atoms with van der Waals surface area (Å²) < 4.78 is 10.0. The molecular formula is C16H22N2O4. The maximum absolute atomic E-state index is 12.6. The first-order chi connectivity index (χ1) is 10.7. The van der Waals surface area contributed by atoms with E-state index in [1.165, 1.54) is 0 Å². The van der Waals surface area contributed by atoms with Crippen molar-refractivity contribution in [3.05, 3.63) is 35.4 Å². The van der Waals surface area contributed by atoms with Gasteiger partial charge in [0.25, 0.3) is 0 Å². The molecule has 0 aromatic heterocycles. The summed E-state index contributed by atoms with van der Waals surface area (Å²) in [6, 6.07) is 6.97. The van der Waals surface area contributed by atoms with Crippen molar-refractivity contribution in [2.45, 2.75) is 12.5 Å². The first-order valence-electron chi connectivity index (χ1n) is 7.32. The fraction of sp³-hybridized carbons (Fsp3) is 0.500. The van der Waals surface area contributed by atoms with Crippen LogP contribution in [0.2, 0.25) is 0 Å². The first kappa shape index (κ1) is 16.5. The van der Waals surface area contributed by atoms with E-state index in [1.54, 1.807) is 19.1 Å². The van der Waals surface area contributed by atoms with Crippen LogP contribution < -0.4 is 5.32 Å². The summed E-state index contributed by atoms with van der Waals surface area (Å²) >= 11 is 0. The second kappa shape index (κ2) is 7.91. The Bertz CT molecular complexity index is 533. The maximum atomic E-state index is 12.6. The second-order valence-electron chi connectivity index (χ2n) is 5.14. The van der Waals surface area contributed by atoms with Gasteiger partial charge >= 0.3 is 0 Å². The lowest BCUT2D eigenvalue weighted by Crippen LogP contribution is -2.49. The lowest BCUT2D eigenvalue weighted by atomic mass is 9.91. The predicted octanol–water partition coefficient (Wildman–Crippen LogP) is 0.521. The van der Waals surface area contributed by atoms with Crippen molar-refractivity contribution in [1.82, 2.24) is 10.2 Å². The Kier molecular flexibility index (Phi) is 5.91. The average molecular weight is 306 g/mol. The number of carbonyl (C=O) groups excluding carboxylic acids is 2. The molecule has 1 aliphatic heterocycles. The fourth-order valence-electron chi connectivity index (χ4n) is 2.64. The lowest BCUT2D eigenvalue weighted by molar-refractivity contribution is -0.142. The Hall–Kier alpha value is -1.92. The van der Waals surface area contributed by atoms with E-state index in [4.69, 9.17) is 9.47 Å². The normalized spacial score (nSPS) is 17.3. The van der Waals surface area contributed by atoms with Gasteiger partial charge in [-0.15, -0.1) is 0 Å². The Labute approximate surface area is 130 Å². The minimum atomic E-state index is -0.607. The second-order valence-corrected chi connectivity index (χ2v) is 5.14. The number of ether oxygens (including phenoxy) is 2. The highest BCUT2D eigenvalue weighted by molar-refractivity contribution is 5.92. The van der Waals surface area contributed by atoms with Gasteiger partial charge in [-0.05, 0) is 11.1 Å². The Balaban J connectivity index is 2.25. The van der Waals surface area contributed by atoms with Crippen LogP contribution in [0.4, 0.5) is 0 Å². The molecule has 1 N–H and O–H groups in total. The largest absolute Gasteiger partial charge is 0.383 e.